The fourth-order valence-electron chi connectivity index (χ4n) is 4.52. The lowest BCUT2D eigenvalue weighted by molar-refractivity contribution is -0.116. The Hall–Kier alpha value is -4.05. The lowest BCUT2D eigenvalue weighted by Crippen LogP contribution is -2.37. The maximum atomic E-state index is 13.0. The number of carbonyl (C=O) groups is 1. The number of aryl methyl sites for hydroxylation is 1. The van der Waals surface area contributed by atoms with Crippen molar-refractivity contribution in [2.45, 2.75) is 25.9 Å². The van der Waals surface area contributed by atoms with Crippen molar-refractivity contribution in [2.75, 3.05) is 11.9 Å². The zero-order chi connectivity index (χ0) is 23.7. The summed E-state index contributed by atoms with van der Waals surface area (Å²) in [4.78, 5) is 19.5. The molecule has 1 saturated heterocycles. The number of nitrogens with zero attached hydrogens (tertiary/aromatic N) is 6. The molecule has 1 fully saturated rings. The van der Waals surface area contributed by atoms with E-state index in [2.05, 4.69) is 31.9 Å². The van der Waals surface area contributed by atoms with E-state index in [4.69, 9.17) is 12.2 Å². The molecule has 5 rings (SSSR count). The molecule has 0 aliphatic carbocycles. The molecule has 9 nitrogen and oxygen atoms in total. The van der Waals surface area contributed by atoms with Crippen LogP contribution in [0.5, 0.6) is 0 Å². The summed E-state index contributed by atoms with van der Waals surface area (Å²) in [5.41, 5.74) is 4.66. The van der Waals surface area contributed by atoms with Gasteiger partial charge in [0, 0.05) is 28.8 Å². The molecule has 0 spiro atoms. The number of thiocarbonyl (C=S) groups is 1. The molecule has 10 heteroatoms. The van der Waals surface area contributed by atoms with Gasteiger partial charge in [-0.15, -0.1) is 10.2 Å². The molecule has 3 aromatic heterocycles. The summed E-state index contributed by atoms with van der Waals surface area (Å²) in [5, 5.41) is 14.8. The van der Waals surface area contributed by atoms with E-state index in [1.54, 1.807) is 18.9 Å². The number of anilines is 1. The average Bonchev–Trinajstić information content (AvgIpc) is 3.54. The lowest BCUT2D eigenvalue weighted by Gasteiger charge is -2.27. The van der Waals surface area contributed by atoms with Crippen LogP contribution in [0.4, 0.5) is 5.69 Å². The number of hydrogen-bond acceptors (Lipinski definition) is 5. The molecule has 172 valence electrons. The quantitative estimate of drug-likeness (QED) is 0.417. The summed E-state index contributed by atoms with van der Waals surface area (Å²) in [5.74, 6) is -0.144. The molecule has 0 saturated carbocycles. The number of benzene rings is 1. The molecule has 2 N–H and O–H groups in total. The van der Waals surface area contributed by atoms with Gasteiger partial charge >= 0.3 is 0 Å². The first-order valence-electron chi connectivity index (χ1n) is 10.9. The first-order valence-corrected chi connectivity index (χ1v) is 11.3. The SMILES string of the molecule is Cc1cc([C@@H]2[C@@H](c3ccccn3)NC(=S)N2CC(=O)Nc2ccccc2)c(C)n1-n1cnnc1. The average molecular weight is 473 g/mol. The van der Waals surface area contributed by atoms with Gasteiger partial charge in [-0.05, 0) is 56.4 Å². The van der Waals surface area contributed by atoms with Gasteiger partial charge in [0.25, 0.3) is 0 Å². The van der Waals surface area contributed by atoms with E-state index in [1.807, 2.05) is 76.6 Å². The Morgan fingerprint density at radius 2 is 1.82 bits per heavy atom. The summed E-state index contributed by atoms with van der Waals surface area (Å²) in [6, 6.07) is 16.9. The second-order valence-electron chi connectivity index (χ2n) is 8.15. The van der Waals surface area contributed by atoms with E-state index in [0.29, 0.717) is 5.11 Å². The standard InChI is InChI=1S/C24H24N8OS/c1-16-12-19(17(2)32(16)30-14-26-27-15-30)23-22(20-10-6-7-11-25-20)29-24(34)31(23)13-21(33)28-18-8-4-3-5-9-18/h3-12,14-15,22-23H,13H2,1-2H3,(H,28,33)(H,29,34)/t22-,23-/m1/s1. The van der Waals surface area contributed by atoms with E-state index >= 15 is 0 Å². The van der Waals surface area contributed by atoms with Crippen molar-refractivity contribution in [3.8, 4) is 0 Å². The molecule has 1 amide bonds. The van der Waals surface area contributed by atoms with E-state index in [0.717, 1.165) is 28.3 Å². The molecule has 4 aromatic rings. The maximum absolute atomic E-state index is 13.0. The van der Waals surface area contributed by atoms with Crippen molar-refractivity contribution >= 4 is 28.9 Å². The third kappa shape index (κ3) is 4.03. The van der Waals surface area contributed by atoms with Crippen LogP contribution < -0.4 is 10.6 Å². The summed E-state index contributed by atoms with van der Waals surface area (Å²) in [7, 11) is 0. The maximum Gasteiger partial charge on any atom is 0.244 e. The zero-order valence-corrected chi connectivity index (χ0v) is 19.6. The highest BCUT2D eigenvalue weighted by Crippen LogP contribution is 2.40. The van der Waals surface area contributed by atoms with Gasteiger partial charge in [0.15, 0.2) is 5.11 Å². The molecule has 34 heavy (non-hydrogen) atoms. The fraction of sp³-hybridized carbons (Fsp3) is 0.208. The van der Waals surface area contributed by atoms with Gasteiger partial charge in [-0.1, -0.05) is 24.3 Å². The summed E-state index contributed by atoms with van der Waals surface area (Å²) < 4.78 is 3.87. The van der Waals surface area contributed by atoms with Crippen LogP contribution in [0.2, 0.25) is 0 Å². The second-order valence-corrected chi connectivity index (χ2v) is 8.54. The van der Waals surface area contributed by atoms with Gasteiger partial charge in [0.1, 0.15) is 19.2 Å². The van der Waals surface area contributed by atoms with Crippen LogP contribution in [0.1, 0.15) is 34.7 Å². The van der Waals surface area contributed by atoms with E-state index in [1.165, 1.54) is 0 Å². The van der Waals surface area contributed by atoms with Crippen LogP contribution in [0.15, 0.2) is 73.4 Å². The Morgan fingerprint density at radius 1 is 1.09 bits per heavy atom. The first kappa shape index (κ1) is 21.8. The molecule has 0 bridgehead atoms. The molecule has 2 atom stereocenters. The number of aromatic nitrogens is 5. The van der Waals surface area contributed by atoms with Gasteiger partial charge in [-0.3, -0.25) is 14.5 Å². The zero-order valence-electron chi connectivity index (χ0n) is 18.8. The molecule has 1 aliphatic rings. The highest BCUT2D eigenvalue weighted by atomic mass is 32.1. The van der Waals surface area contributed by atoms with Crippen molar-refractivity contribution < 1.29 is 4.79 Å². The minimum atomic E-state index is -0.236. The van der Waals surface area contributed by atoms with Crippen LogP contribution in [0.25, 0.3) is 0 Å². The molecular formula is C24H24N8OS. The predicted octanol–water partition coefficient (Wildman–Crippen LogP) is 3.01. The van der Waals surface area contributed by atoms with Crippen molar-refractivity contribution in [1.29, 1.82) is 0 Å². The molecule has 1 aromatic carbocycles. The van der Waals surface area contributed by atoms with Crippen LogP contribution in [-0.2, 0) is 4.79 Å². The summed E-state index contributed by atoms with van der Waals surface area (Å²) in [6.07, 6.45) is 5.08. The number of pyridine rings is 1. The highest BCUT2D eigenvalue weighted by Gasteiger charge is 2.42. The molecule has 0 unspecified atom stereocenters. The van der Waals surface area contributed by atoms with E-state index in [-0.39, 0.29) is 24.5 Å². The van der Waals surface area contributed by atoms with Crippen molar-refractivity contribution in [1.82, 2.24) is 34.8 Å². The number of carbonyl (C=O) groups excluding carboxylic acids is 1. The number of amides is 1. The minimum absolute atomic E-state index is 0.102. The van der Waals surface area contributed by atoms with Crippen LogP contribution >= 0.6 is 12.2 Å². The first-order chi connectivity index (χ1) is 16.5. The third-order valence-corrected chi connectivity index (χ3v) is 6.31. The van der Waals surface area contributed by atoms with Crippen LogP contribution in [0.3, 0.4) is 0 Å². The Kier molecular flexibility index (Phi) is 5.81. The minimum Gasteiger partial charge on any atom is -0.352 e. The fourth-order valence-corrected chi connectivity index (χ4v) is 4.83. The molecular weight excluding hydrogens is 448 g/mol. The van der Waals surface area contributed by atoms with E-state index < -0.39 is 0 Å². The topological polar surface area (TPSA) is 92.9 Å². The van der Waals surface area contributed by atoms with Crippen LogP contribution in [-0.4, -0.2) is 47.0 Å². The molecule has 1 aliphatic heterocycles. The molecule has 4 heterocycles. The normalized spacial score (nSPS) is 17.6. The number of para-hydroxylation sites is 1. The summed E-state index contributed by atoms with van der Waals surface area (Å²) in [6.45, 7) is 4.17. The van der Waals surface area contributed by atoms with Gasteiger partial charge in [0.05, 0.1) is 17.8 Å². The largest absolute Gasteiger partial charge is 0.352 e. The highest BCUT2D eigenvalue weighted by molar-refractivity contribution is 7.80. The van der Waals surface area contributed by atoms with Crippen LogP contribution in [0, 0.1) is 13.8 Å². The van der Waals surface area contributed by atoms with Crippen molar-refractivity contribution in [3.63, 3.8) is 0 Å². The Labute approximate surface area is 202 Å². The smallest absolute Gasteiger partial charge is 0.244 e. The molecule has 0 radical (unpaired) electrons. The van der Waals surface area contributed by atoms with Gasteiger partial charge in [-0.25, -0.2) is 4.68 Å². The monoisotopic (exact) mass is 472 g/mol. The van der Waals surface area contributed by atoms with Crippen molar-refractivity contribution in [2.24, 2.45) is 0 Å². The number of rotatable bonds is 6. The lowest BCUT2D eigenvalue weighted by atomic mass is 9.97. The number of nitrogens with one attached hydrogen (secondary N) is 2. The van der Waals surface area contributed by atoms with Crippen molar-refractivity contribution in [3.05, 3.63) is 96.1 Å². The predicted molar refractivity (Wildman–Crippen MR) is 132 cm³/mol. The third-order valence-electron chi connectivity index (χ3n) is 5.96. The summed E-state index contributed by atoms with van der Waals surface area (Å²) >= 11 is 5.72. The Balaban J connectivity index is 1.53. The van der Waals surface area contributed by atoms with Gasteiger partial charge in [-0.2, -0.15) is 0 Å². The Morgan fingerprint density at radius 3 is 2.53 bits per heavy atom. The number of hydrogen-bond donors (Lipinski definition) is 2. The second kappa shape index (κ2) is 9.06. The Bertz CT molecular complexity index is 1300. The van der Waals surface area contributed by atoms with Gasteiger partial charge < -0.3 is 15.5 Å². The van der Waals surface area contributed by atoms with E-state index in [9.17, 15) is 4.79 Å². The van der Waals surface area contributed by atoms with Gasteiger partial charge in [0.2, 0.25) is 5.91 Å².